The third-order valence-corrected chi connectivity index (χ3v) is 3.80. The van der Waals surface area contributed by atoms with Crippen molar-refractivity contribution in [2.24, 2.45) is 5.73 Å². The van der Waals surface area contributed by atoms with Crippen LogP contribution in [0.15, 0.2) is 23.2 Å². The standard InChI is InChI=1S/C10H15N3O2S2/c1-2-3-7-13-17(14,15)8-5-4-6-12-9(8)10(11)16/h4-6,13H,2-3,7H2,1H3,(H2,11,16). The molecule has 94 valence electrons. The number of pyridine rings is 1. The van der Waals surface area contributed by atoms with Crippen LogP contribution in [0.4, 0.5) is 0 Å². The van der Waals surface area contributed by atoms with Gasteiger partial charge in [-0.3, -0.25) is 4.98 Å². The molecule has 7 heteroatoms. The normalized spacial score (nSPS) is 11.4. The molecule has 0 radical (unpaired) electrons. The van der Waals surface area contributed by atoms with Gasteiger partial charge in [0.15, 0.2) is 0 Å². The molecule has 3 N–H and O–H groups in total. The van der Waals surface area contributed by atoms with E-state index in [0.717, 1.165) is 12.8 Å². The molecule has 0 atom stereocenters. The van der Waals surface area contributed by atoms with Gasteiger partial charge in [-0.1, -0.05) is 25.6 Å². The Balaban J connectivity index is 3.02. The van der Waals surface area contributed by atoms with Crippen LogP contribution in [0.1, 0.15) is 25.5 Å². The zero-order chi connectivity index (χ0) is 12.9. The number of rotatable bonds is 6. The topological polar surface area (TPSA) is 85.1 Å². The largest absolute Gasteiger partial charge is 0.388 e. The Labute approximate surface area is 106 Å². The average Bonchev–Trinajstić information content (AvgIpc) is 2.29. The zero-order valence-corrected chi connectivity index (χ0v) is 11.1. The zero-order valence-electron chi connectivity index (χ0n) is 9.51. The second kappa shape index (κ2) is 6.04. The molecule has 0 unspecified atom stereocenters. The van der Waals surface area contributed by atoms with E-state index in [2.05, 4.69) is 9.71 Å². The van der Waals surface area contributed by atoms with Gasteiger partial charge in [0.1, 0.15) is 15.6 Å². The maximum atomic E-state index is 12.0. The minimum Gasteiger partial charge on any atom is -0.388 e. The van der Waals surface area contributed by atoms with E-state index < -0.39 is 10.0 Å². The van der Waals surface area contributed by atoms with Crippen molar-refractivity contribution in [2.75, 3.05) is 6.54 Å². The maximum Gasteiger partial charge on any atom is 0.242 e. The van der Waals surface area contributed by atoms with Gasteiger partial charge in [-0.15, -0.1) is 0 Å². The third kappa shape index (κ3) is 3.72. The molecule has 1 aromatic rings. The summed E-state index contributed by atoms with van der Waals surface area (Å²) in [5.41, 5.74) is 5.57. The van der Waals surface area contributed by atoms with E-state index in [1.54, 1.807) is 0 Å². The number of nitrogens with zero attached hydrogens (tertiary/aromatic N) is 1. The number of hydrogen-bond acceptors (Lipinski definition) is 4. The van der Waals surface area contributed by atoms with Crippen LogP contribution in [0.5, 0.6) is 0 Å². The molecule has 1 aromatic heterocycles. The summed E-state index contributed by atoms with van der Waals surface area (Å²) in [6.45, 7) is 2.38. The highest BCUT2D eigenvalue weighted by Crippen LogP contribution is 2.12. The first-order valence-corrected chi connectivity index (χ1v) is 7.12. The summed E-state index contributed by atoms with van der Waals surface area (Å²) >= 11 is 4.78. The first kappa shape index (κ1) is 14.0. The van der Waals surface area contributed by atoms with Crippen LogP contribution in [0, 0.1) is 0 Å². The smallest absolute Gasteiger partial charge is 0.242 e. The Morgan fingerprint density at radius 2 is 2.29 bits per heavy atom. The molecule has 0 saturated carbocycles. The summed E-state index contributed by atoms with van der Waals surface area (Å²) < 4.78 is 26.4. The summed E-state index contributed by atoms with van der Waals surface area (Å²) in [6.07, 6.45) is 3.15. The molecule has 0 aliphatic carbocycles. The summed E-state index contributed by atoms with van der Waals surface area (Å²) in [5.74, 6) is 0. The van der Waals surface area contributed by atoms with Crippen molar-refractivity contribution in [2.45, 2.75) is 24.7 Å². The Kier molecular flexibility index (Phi) is 4.98. The molecule has 0 bridgehead atoms. The average molecular weight is 273 g/mol. The molecule has 1 heterocycles. The van der Waals surface area contributed by atoms with Gasteiger partial charge in [0.05, 0.1) is 0 Å². The molecule has 0 aromatic carbocycles. The molecule has 0 amide bonds. The number of thiocarbonyl (C=S) groups is 1. The highest BCUT2D eigenvalue weighted by atomic mass is 32.2. The molecule has 5 nitrogen and oxygen atoms in total. The number of nitrogens with one attached hydrogen (secondary N) is 1. The van der Waals surface area contributed by atoms with Crippen LogP contribution in [0.3, 0.4) is 0 Å². The van der Waals surface area contributed by atoms with Crippen molar-refractivity contribution >= 4 is 27.2 Å². The molecule has 0 spiro atoms. The van der Waals surface area contributed by atoms with Crippen molar-refractivity contribution in [3.63, 3.8) is 0 Å². The van der Waals surface area contributed by atoms with E-state index in [1.807, 2.05) is 6.92 Å². The molecular formula is C10H15N3O2S2. The SMILES string of the molecule is CCCCNS(=O)(=O)c1cccnc1C(N)=S. The number of sulfonamides is 1. The van der Waals surface area contributed by atoms with Gasteiger partial charge in [0.25, 0.3) is 0 Å². The lowest BCUT2D eigenvalue weighted by molar-refractivity contribution is 0.578. The van der Waals surface area contributed by atoms with E-state index >= 15 is 0 Å². The quantitative estimate of drug-likeness (QED) is 0.591. The van der Waals surface area contributed by atoms with Crippen molar-refractivity contribution in [3.05, 3.63) is 24.0 Å². The van der Waals surface area contributed by atoms with Crippen molar-refractivity contribution < 1.29 is 8.42 Å². The van der Waals surface area contributed by atoms with Crippen LogP contribution in [0.2, 0.25) is 0 Å². The molecule has 0 saturated heterocycles. The second-order valence-electron chi connectivity index (χ2n) is 3.47. The van der Waals surface area contributed by atoms with Gasteiger partial charge in [0, 0.05) is 12.7 Å². The number of hydrogen-bond donors (Lipinski definition) is 2. The van der Waals surface area contributed by atoms with Gasteiger partial charge >= 0.3 is 0 Å². The Morgan fingerprint density at radius 3 is 2.88 bits per heavy atom. The Morgan fingerprint density at radius 1 is 1.59 bits per heavy atom. The van der Waals surface area contributed by atoms with Gasteiger partial charge in [0.2, 0.25) is 10.0 Å². The lowest BCUT2D eigenvalue weighted by atomic mass is 10.3. The van der Waals surface area contributed by atoms with Gasteiger partial charge in [-0.2, -0.15) is 0 Å². The van der Waals surface area contributed by atoms with E-state index in [0.29, 0.717) is 6.54 Å². The molecular weight excluding hydrogens is 258 g/mol. The first-order chi connectivity index (χ1) is 7.99. The number of nitrogens with two attached hydrogens (primary N) is 1. The van der Waals surface area contributed by atoms with Crippen molar-refractivity contribution in [3.8, 4) is 0 Å². The van der Waals surface area contributed by atoms with Gasteiger partial charge in [-0.05, 0) is 18.6 Å². The fraction of sp³-hybridized carbons (Fsp3) is 0.400. The number of unbranched alkanes of at least 4 members (excludes halogenated alkanes) is 1. The van der Waals surface area contributed by atoms with Crippen LogP contribution >= 0.6 is 12.2 Å². The lowest BCUT2D eigenvalue weighted by Gasteiger charge is -2.09. The lowest BCUT2D eigenvalue weighted by Crippen LogP contribution is -2.28. The van der Waals surface area contributed by atoms with E-state index in [-0.39, 0.29) is 15.6 Å². The number of aromatic nitrogens is 1. The fourth-order valence-corrected chi connectivity index (χ4v) is 2.72. The fourth-order valence-electron chi connectivity index (χ4n) is 1.25. The first-order valence-electron chi connectivity index (χ1n) is 5.23. The second-order valence-corrected chi connectivity index (χ2v) is 5.64. The van der Waals surface area contributed by atoms with Crippen LogP contribution in [-0.4, -0.2) is 24.9 Å². The summed E-state index contributed by atoms with van der Waals surface area (Å²) in [5, 5.41) is 0. The van der Waals surface area contributed by atoms with E-state index in [9.17, 15) is 8.42 Å². The van der Waals surface area contributed by atoms with Crippen molar-refractivity contribution in [1.82, 2.24) is 9.71 Å². The Bertz CT molecular complexity index is 500. The van der Waals surface area contributed by atoms with Crippen LogP contribution in [-0.2, 0) is 10.0 Å². The van der Waals surface area contributed by atoms with Crippen LogP contribution < -0.4 is 10.5 Å². The highest BCUT2D eigenvalue weighted by molar-refractivity contribution is 7.89. The molecule has 17 heavy (non-hydrogen) atoms. The molecule has 0 aliphatic rings. The van der Waals surface area contributed by atoms with Gasteiger partial charge in [-0.25, -0.2) is 13.1 Å². The predicted octanol–water partition coefficient (Wildman–Crippen LogP) is 0.794. The van der Waals surface area contributed by atoms with Crippen molar-refractivity contribution in [1.29, 1.82) is 0 Å². The summed E-state index contributed by atoms with van der Waals surface area (Å²) in [6, 6.07) is 2.98. The summed E-state index contributed by atoms with van der Waals surface area (Å²) in [4.78, 5) is 3.89. The Hall–Kier alpha value is -1.05. The third-order valence-electron chi connectivity index (χ3n) is 2.12. The highest BCUT2D eigenvalue weighted by Gasteiger charge is 2.19. The van der Waals surface area contributed by atoms with E-state index in [4.69, 9.17) is 18.0 Å². The molecule has 0 fully saturated rings. The minimum atomic E-state index is -3.59. The molecule has 1 rings (SSSR count). The van der Waals surface area contributed by atoms with Crippen LogP contribution in [0.25, 0.3) is 0 Å². The van der Waals surface area contributed by atoms with Gasteiger partial charge < -0.3 is 5.73 Å². The monoisotopic (exact) mass is 273 g/mol. The minimum absolute atomic E-state index is 0.0264. The molecule has 0 aliphatic heterocycles. The van der Waals surface area contributed by atoms with E-state index in [1.165, 1.54) is 18.3 Å². The summed E-state index contributed by atoms with van der Waals surface area (Å²) in [7, 11) is -3.59. The predicted molar refractivity (Wildman–Crippen MR) is 70.2 cm³/mol. The maximum absolute atomic E-state index is 12.0.